The van der Waals surface area contributed by atoms with Crippen LogP contribution < -0.4 is 5.73 Å². The van der Waals surface area contributed by atoms with Crippen LogP contribution in [0.1, 0.15) is 10.5 Å². The lowest BCUT2D eigenvalue weighted by Gasteiger charge is -1.90. The van der Waals surface area contributed by atoms with Gasteiger partial charge in [0.25, 0.3) is 0 Å². The van der Waals surface area contributed by atoms with E-state index in [4.69, 9.17) is 5.73 Å². The van der Waals surface area contributed by atoms with E-state index in [2.05, 4.69) is 20.9 Å². The van der Waals surface area contributed by atoms with Gasteiger partial charge in [-0.3, -0.25) is 4.79 Å². The van der Waals surface area contributed by atoms with Crippen molar-refractivity contribution in [3.8, 4) is 0 Å². The Morgan fingerprint density at radius 1 is 1.43 bits per heavy atom. The van der Waals surface area contributed by atoms with Crippen LogP contribution in [-0.4, -0.2) is 17.3 Å². The van der Waals surface area contributed by atoms with Gasteiger partial charge in [0.2, 0.25) is 0 Å². The Morgan fingerprint density at radius 2 is 2.21 bits per heavy atom. The van der Waals surface area contributed by atoms with Gasteiger partial charge in [0.1, 0.15) is 0 Å². The molecule has 0 radical (unpaired) electrons. The number of carbonyl (C=O) groups excluding carboxylic acids is 1. The summed E-state index contributed by atoms with van der Waals surface area (Å²) in [6.07, 6.45) is 0. The minimum absolute atomic E-state index is 0.0357. The molecule has 2 aromatic rings. The number of rotatable bonds is 2. The molecule has 2 rings (SSSR count). The SMILES string of the molecule is NCC(=O)c1cc2cc(Br)ccc2[nH]1. The number of fused-ring (bicyclic) bond motifs is 1. The van der Waals surface area contributed by atoms with Gasteiger partial charge < -0.3 is 10.7 Å². The van der Waals surface area contributed by atoms with Crippen LogP contribution in [0.3, 0.4) is 0 Å². The summed E-state index contributed by atoms with van der Waals surface area (Å²) < 4.78 is 0.996. The van der Waals surface area contributed by atoms with Gasteiger partial charge in [0.05, 0.1) is 12.2 Å². The van der Waals surface area contributed by atoms with Crippen molar-refractivity contribution in [3.05, 3.63) is 34.4 Å². The summed E-state index contributed by atoms with van der Waals surface area (Å²) in [6, 6.07) is 7.62. The zero-order valence-electron chi connectivity index (χ0n) is 7.38. The Hall–Kier alpha value is -1.13. The molecule has 1 heterocycles. The number of Topliss-reactive ketones (excluding diaryl/α,β-unsaturated/α-hetero) is 1. The standard InChI is InChI=1S/C10H9BrN2O/c11-7-1-2-8-6(3-7)4-9(13-8)10(14)5-12/h1-4,13H,5,12H2. The summed E-state index contributed by atoms with van der Waals surface area (Å²) >= 11 is 3.37. The molecular formula is C10H9BrN2O. The molecule has 3 N–H and O–H groups in total. The number of ketones is 1. The van der Waals surface area contributed by atoms with E-state index in [-0.39, 0.29) is 12.3 Å². The van der Waals surface area contributed by atoms with Crippen LogP contribution in [0.25, 0.3) is 10.9 Å². The molecule has 0 spiro atoms. The van der Waals surface area contributed by atoms with Gasteiger partial charge in [-0.1, -0.05) is 15.9 Å². The molecule has 0 aliphatic carbocycles. The molecule has 0 aliphatic heterocycles. The first-order valence-corrected chi connectivity index (χ1v) is 5.01. The first-order valence-electron chi connectivity index (χ1n) is 4.22. The zero-order chi connectivity index (χ0) is 10.1. The Balaban J connectivity index is 2.56. The first-order chi connectivity index (χ1) is 6.70. The van der Waals surface area contributed by atoms with Crippen LogP contribution in [0.15, 0.2) is 28.7 Å². The average Bonchev–Trinajstić information content (AvgIpc) is 2.59. The van der Waals surface area contributed by atoms with Gasteiger partial charge >= 0.3 is 0 Å². The number of benzene rings is 1. The molecule has 0 atom stereocenters. The number of hydrogen-bond donors (Lipinski definition) is 2. The first kappa shape index (κ1) is 9.43. The van der Waals surface area contributed by atoms with E-state index in [0.717, 1.165) is 15.4 Å². The lowest BCUT2D eigenvalue weighted by molar-refractivity contribution is 0.0997. The molecule has 4 heteroatoms. The lowest BCUT2D eigenvalue weighted by atomic mass is 10.2. The van der Waals surface area contributed by atoms with Crippen molar-refractivity contribution in [1.82, 2.24) is 4.98 Å². The molecule has 0 saturated carbocycles. The Kier molecular flexibility index (Phi) is 2.39. The minimum Gasteiger partial charge on any atom is -0.352 e. The van der Waals surface area contributed by atoms with Crippen molar-refractivity contribution in [3.63, 3.8) is 0 Å². The highest BCUT2D eigenvalue weighted by atomic mass is 79.9. The van der Waals surface area contributed by atoms with Crippen molar-refractivity contribution in [2.24, 2.45) is 5.73 Å². The van der Waals surface area contributed by atoms with E-state index in [1.54, 1.807) is 0 Å². The fourth-order valence-corrected chi connectivity index (χ4v) is 1.74. The predicted molar refractivity (Wildman–Crippen MR) is 59.4 cm³/mol. The molecule has 0 unspecified atom stereocenters. The Bertz CT molecular complexity index is 490. The van der Waals surface area contributed by atoms with Crippen LogP contribution in [0.5, 0.6) is 0 Å². The molecule has 0 bridgehead atoms. The van der Waals surface area contributed by atoms with Gasteiger partial charge in [-0.25, -0.2) is 0 Å². The minimum atomic E-state index is -0.0719. The summed E-state index contributed by atoms with van der Waals surface area (Å²) in [5, 5.41) is 1.01. The monoisotopic (exact) mass is 252 g/mol. The molecule has 3 nitrogen and oxygen atoms in total. The van der Waals surface area contributed by atoms with Crippen LogP contribution in [0, 0.1) is 0 Å². The Labute approximate surface area is 89.4 Å². The topological polar surface area (TPSA) is 58.9 Å². The van der Waals surface area contributed by atoms with Crippen LogP contribution in [0.2, 0.25) is 0 Å². The summed E-state index contributed by atoms with van der Waals surface area (Å²) in [5.74, 6) is -0.0719. The summed E-state index contributed by atoms with van der Waals surface area (Å²) in [4.78, 5) is 14.3. The maximum Gasteiger partial charge on any atom is 0.192 e. The van der Waals surface area contributed by atoms with Crippen molar-refractivity contribution >= 4 is 32.6 Å². The highest BCUT2D eigenvalue weighted by molar-refractivity contribution is 9.10. The number of nitrogens with one attached hydrogen (secondary N) is 1. The van der Waals surface area contributed by atoms with Gasteiger partial charge in [-0.15, -0.1) is 0 Å². The van der Waals surface area contributed by atoms with E-state index >= 15 is 0 Å². The van der Waals surface area contributed by atoms with Gasteiger partial charge in [-0.2, -0.15) is 0 Å². The van der Waals surface area contributed by atoms with Crippen molar-refractivity contribution in [2.45, 2.75) is 0 Å². The number of carbonyl (C=O) groups is 1. The zero-order valence-corrected chi connectivity index (χ0v) is 8.97. The van der Waals surface area contributed by atoms with Crippen LogP contribution in [0.4, 0.5) is 0 Å². The van der Waals surface area contributed by atoms with E-state index in [1.165, 1.54) is 0 Å². The number of aromatic nitrogens is 1. The second kappa shape index (κ2) is 3.55. The third kappa shape index (κ3) is 1.58. The third-order valence-electron chi connectivity index (χ3n) is 2.07. The molecule has 14 heavy (non-hydrogen) atoms. The average molecular weight is 253 g/mol. The van der Waals surface area contributed by atoms with Crippen molar-refractivity contribution in [1.29, 1.82) is 0 Å². The fourth-order valence-electron chi connectivity index (χ4n) is 1.36. The van der Waals surface area contributed by atoms with E-state index in [0.29, 0.717) is 5.69 Å². The maximum absolute atomic E-state index is 11.3. The van der Waals surface area contributed by atoms with Gasteiger partial charge in [-0.05, 0) is 24.3 Å². The van der Waals surface area contributed by atoms with Crippen molar-refractivity contribution < 1.29 is 4.79 Å². The van der Waals surface area contributed by atoms with Crippen molar-refractivity contribution in [2.75, 3.05) is 6.54 Å². The van der Waals surface area contributed by atoms with Gasteiger partial charge in [0.15, 0.2) is 5.78 Å². The molecule has 0 saturated heterocycles. The second-order valence-corrected chi connectivity index (χ2v) is 3.96. The van der Waals surface area contributed by atoms with Crippen LogP contribution in [-0.2, 0) is 0 Å². The van der Waals surface area contributed by atoms with E-state index in [9.17, 15) is 4.79 Å². The summed E-state index contributed by atoms with van der Waals surface area (Å²) in [6.45, 7) is 0.0357. The largest absolute Gasteiger partial charge is 0.352 e. The molecule has 1 aromatic heterocycles. The highest BCUT2D eigenvalue weighted by Gasteiger charge is 2.07. The summed E-state index contributed by atoms with van der Waals surface area (Å²) in [5.41, 5.74) is 6.80. The molecule has 0 amide bonds. The third-order valence-corrected chi connectivity index (χ3v) is 2.56. The number of aromatic amines is 1. The van der Waals surface area contributed by atoms with E-state index in [1.807, 2.05) is 24.3 Å². The van der Waals surface area contributed by atoms with Crippen LogP contribution >= 0.6 is 15.9 Å². The number of H-pyrrole nitrogens is 1. The number of nitrogens with two attached hydrogens (primary N) is 1. The second-order valence-electron chi connectivity index (χ2n) is 3.04. The molecule has 1 aromatic carbocycles. The van der Waals surface area contributed by atoms with Gasteiger partial charge in [0, 0.05) is 15.4 Å². The summed E-state index contributed by atoms with van der Waals surface area (Å²) in [7, 11) is 0. The molecule has 72 valence electrons. The lowest BCUT2D eigenvalue weighted by Crippen LogP contribution is -2.13. The smallest absolute Gasteiger partial charge is 0.192 e. The molecule has 0 aliphatic rings. The molecule has 0 fully saturated rings. The fraction of sp³-hybridized carbons (Fsp3) is 0.100. The highest BCUT2D eigenvalue weighted by Crippen LogP contribution is 2.20. The predicted octanol–water partition coefficient (Wildman–Crippen LogP) is 2.07. The van der Waals surface area contributed by atoms with E-state index < -0.39 is 0 Å². The maximum atomic E-state index is 11.3. The number of halogens is 1. The quantitative estimate of drug-likeness (QED) is 0.805. The molecular weight excluding hydrogens is 244 g/mol. The normalized spacial score (nSPS) is 10.7. The Morgan fingerprint density at radius 3 is 2.93 bits per heavy atom. The number of hydrogen-bond acceptors (Lipinski definition) is 2.